The summed E-state index contributed by atoms with van der Waals surface area (Å²) in [6.07, 6.45) is 2.62. The molecule has 0 saturated heterocycles. The van der Waals surface area contributed by atoms with E-state index in [0.29, 0.717) is 22.8 Å². The van der Waals surface area contributed by atoms with Gasteiger partial charge in [-0.25, -0.2) is 9.18 Å². The highest BCUT2D eigenvalue weighted by Gasteiger charge is 2.15. The van der Waals surface area contributed by atoms with E-state index >= 15 is 0 Å². The average Bonchev–Trinajstić information content (AvgIpc) is 2.65. The van der Waals surface area contributed by atoms with Crippen LogP contribution in [0.5, 0.6) is 17.2 Å². The summed E-state index contributed by atoms with van der Waals surface area (Å²) in [5.74, 6) is -1.41. The molecule has 0 aliphatic carbocycles. The van der Waals surface area contributed by atoms with Gasteiger partial charge in [0, 0.05) is 11.6 Å². The van der Waals surface area contributed by atoms with Crippen LogP contribution in [0.1, 0.15) is 15.9 Å². The molecule has 0 radical (unpaired) electrons. The average molecular weight is 375 g/mol. The molecular weight excluding hydrogens is 357 g/mol. The Morgan fingerprint density at radius 3 is 2.33 bits per heavy atom. The number of rotatable bonds is 7. The number of halogens is 1. The summed E-state index contributed by atoms with van der Waals surface area (Å²) in [6.45, 7) is 0. The van der Waals surface area contributed by atoms with E-state index in [9.17, 15) is 14.0 Å². The Kier molecular flexibility index (Phi) is 6.37. The van der Waals surface area contributed by atoms with E-state index in [0.717, 1.165) is 18.2 Å². The van der Waals surface area contributed by atoms with Gasteiger partial charge in [-0.3, -0.25) is 4.79 Å². The van der Waals surface area contributed by atoms with E-state index in [1.807, 2.05) is 0 Å². The van der Waals surface area contributed by atoms with Crippen LogP contribution in [-0.4, -0.2) is 38.3 Å². The number of aromatic carboxylic acids is 1. The molecule has 142 valence electrons. The lowest BCUT2D eigenvalue weighted by molar-refractivity contribution is -0.111. The lowest BCUT2D eigenvalue weighted by atomic mass is 10.1. The van der Waals surface area contributed by atoms with Crippen LogP contribution in [0.3, 0.4) is 0 Å². The smallest absolute Gasteiger partial charge is 0.337 e. The first kappa shape index (κ1) is 19.8. The highest BCUT2D eigenvalue weighted by atomic mass is 19.1. The Morgan fingerprint density at radius 2 is 1.74 bits per heavy atom. The van der Waals surface area contributed by atoms with Gasteiger partial charge in [-0.2, -0.15) is 0 Å². The van der Waals surface area contributed by atoms with Gasteiger partial charge in [-0.05, 0) is 36.4 Å². The fourth-order valence-corrected chi connectivity index (χ4v) is 2.40. The molecule has 0 aliphatic heterocycles. The number of carbonyl (C=O) groups excluding carboxylic acids is 1. The van der Waals surface area contributed by atoms with Gasteiger partial charge in [0.05, 0.1) is 32.6 Å². The van der Waals surface area contributed by atoms with E-state index in [2.05, 4.69) is 5.32 Å². The van der Waals surface area contributed by atoms with Crippen LogP contribution in [-0.2, 0) is 4.79 Å². The van der Waals surface area contributed by atoms with E-state index in [-0.39, 0.29) is 11.3 Å². The Morgan fingerprint density at radius 1 is 1.04 bits per heavy atom. The number of methoxy groups -OCH3 is 3. The largest absolute Gasteiger partial charge is 0.493 e. The second-order valence-electron chi connectivity index (χ2n) is 5.24. The predicted molar refractivity (Wildman–Crippen MR) is 97.1 cm³/mol. The highest BCUT2D eigenvalue weighted by molar-refractivity contribution is 6.06. The van der Waals surface area contributed by atoms with Gasteiger partial charge in [-0.15, -0.1) is 0 Å². The number of hydrogen-bond donors (Lipinski definition) is 2. The van der Waals surface area contributed by atoms with Gasteiger partial charge in [0.1, 0.15) is 5.82 Å². The van der Waals surface area contributed by atoms with Crippen LogP contribution in [0, 0.1) is 5.82 Å². The maximum atomic E-state index is 13.4. The third kappa shape index (κ3) is 4.55. The fraction of sp³-hybridized carbons (Fsp3) is 0.158. The van der Waals surface area contributed by atoms with E-state index in [4.69, 9.17) is 19.3 Å². The molecule has 0 unspecified atom stereocenters. The van der Waals surface area contributed by atoms with Gasteiger partial charge in [0.2, 0.25) is 11.7 Å². The first-order chi connectivity index (χ1) is 12.9. The van der Waals surface area contributed by atoms with Crippen molar-refractivity contribution in [3.8, 4) is 17.2 Å². The quantitative estimate of drug-likeness (QED) is 0.722. The lowest BCUT2D eigenvalue weighted by Crippen LogP contribution is -2.12. The molecule has 0 heterocycles. The molecule has 0 saturated carbocycles. The molecule has 1 amide bonds. The molecule has 0 spiro atoms. The molecule has 2 N–H and O–H groups in total. The van der Waals surface area contributed by atoms with Crippen molar-refractivity contribution in [3.63, 3.8) is 0 Å². The van der Waals surface area contributed by atoms with Crippen molar-refractivity contribution < 1.29 is 33.3 Å². The van der Waals surface area contributed by atoms with Gasteiger partial charge in [0.15, 0.2) is 11.5 Å². The predicted octanol–water partition coefficient (Wildman–Crippen LogP) is 3.20. The Balaban J connectivity index is 2.28. The fourth-order valence-electron chi connectivity index (χ4n) is 2.40. The summed E-state index contributed by atoms with van der Waals surface area (Å²) in [5.41, 5.74) is 0.168. The molecule has 2 aromatic carbocycles. The molecule has 2 aromatic rings. The number of carboxylic acids is 1. The number of hydrogen-bond acceptors (Lipinski definition) is 5. The number of anilines is 1. The monoisotopic (exact) mass is 375 g/mol. The Hall–Kier alpha value is -3.55. The minimum atomic E-state index is -1.28. The summed E-state index contributed by atoms with van der Waals surface area (Å²) in [6, 6.07) is 6.33. The number of carboxylic acid groups (broad SMARTS) is 1. The summed E-state index contributed by atoms with van der Waals surface area (Å²) in [7, 11) is 4.39. The topological polar surface area (TPSA) is 94.1 Å². The number of benzene rings is 2. The summed E-state index contributed by atoms with van der Waals surface area (Å²) >= 11 is 0. The van der Waals surface area contributed by atoms with Crippen molar-refractivity contribution in [3.05, 3.63) is 53.4 Å². The van der Waals surface area contributed by atoms with Crippen LogP contribution >= 0.6 is 0 Å². The molecule has 0 aliphatic rings. The zero-order valence-corrected chi connectivity index (χ0v) is 14.9. The molecule has 0 fully saturated rings. The minimum absolute atomic E-state index is 0.142. The first-order valence-corrected chi connectivity index (χ1v) is 7.72. The SMILES string of the molecule is COc1ccc(/C=C/C(=O)Nc2cc(F)ccc2C(=O)O)c(OC)c1OC. The second-order valence-corrected chi connectivity index (χ2v) is 5.24. The summed E-state index contributed by atoms with van der Waals surface area (Å²) < 4.78 is 29.1. The van der Waals surface area contributed by atoms with Crippen LogP contribution in [0.15, 0.2) is 36.4 Å². The number of ether oxygens (including phenoxy) is 3. The Labute approximate surface area is 155 Å². The number of nitrogens with one attached hydrogen (secondary N) is 1. The second kappa shape index (κ2) is 8.70. The van der Waals surface area contributed by atoms with E-state index in [1.54, 1.807) is 12.1 Å². The number of amides is 1. The van der Waals surface area contributed by atoms with E-state index in [1.165, 1.54) is 33.5 Å². The molecule has 27 heavy (non-hydrogen) atoms. The maximum Gasteiger partial charge on any atom is 0.337 e. The summed E-state index contributed by atoms with van der Waals surface area (Å²) in [5, 5.41) is 11.5. The Bertz CT molecular complexity index is 894. The third-order valence-corrected chi connectivity index (χ3v) is 3.62. The molecular formula is C19H18FNO6. The van der Waals surface area contributed by atoms with Gasteiger partial charge >= 0.3 is 5.97 Å². The van der Waals surface area contributed by atoms with Crippen LogP contribution in [0.4, 0.5) is 10.1 Å². The van der Waals surface area contributed by atoms with Gasteiger partial charge in [-0.1, -0.05) is 0 Å². The van der Waals surface area contributed by atoms with Crippen molar-refractivity contribution in [2.24, 2.45) is 0 Å². The van der Waals surface area contributed by atoms with Crippen molar-refractivity contribution in [1.82, 2.24) is 0 Å². The van der Waals surface area contributed by atoms with Crippen LogP contribution in [0.2, 0.25) is 0 Å². The van der Waals surface area contributed by atoms with E-state index < -0.39 is 17.7 Å². The third-order valence-electron chi connectivity index (χ3n) is 3.62. The molecule has 0 bridgehead atoms. The normalized spacial score (nSPS) is 10.5. The van der Waals surface area contributed by atoms with Gasteiger partial charge in [0.25, 0.3) is 0 Å². The summed E-state index contributed by atoms with van der Waals surface area (Å²) in [4.78, 5) is 23.3. The zero-order chi connectivity index (χ0) is 20.0. The lowest BCUT2D eigenvalue weighted by Gasteiger charge is -2.14. The molecule has 2 rings (SSSR count). The number of carbonyl (C=O) groups is 2. The van der Waals surface area contributed by atoms with Crippen molar-refractivity contribution >= 4 is 23.6 Å². The van der Waals surface area contributed by atoms with Gasteiger partial charge < -0.3 is 24.6 Å². The molecule has 8 heteroatoms. The maximum absolute atomic E-state index is 13.4. The highest BCUT2D eigenvalue weighted by Crippen LogP contribution is 2.40. The van der Waals surface area contributed by atoms with Crippen LogP contribution in [0.25, 0.3) is 6.08 Å². The first-order valence-electron chi connectivity index (χ1n) is 7.72. The standard InChI is InChI=1S/C19H18FNO6/c1-25-15-8-4-11(17(26-2)18(15)27-3)5-9-16(22)21-14-10-12(20)6-7-13(14)19(23)24/h4-10H,1-3H3,(H,21,22)(H,23,24)/b9-5+. The minimum Gasteiger partial charge on any atom is -0.493 e. The molecule has 0 aromatic heterocycles. The molecule has 0 atom stereocenters. The van der Waals surface area contributed by atoms with Crippen LogP contribution < -0.4 is 19.5 Å². The van der Waals surface area contributed by atoms with Crippen molar-refractivity contribution in [2.45, 2.75) is 0 Å². The van der Waals surface area contributed by atoms with Crippen molar-refractivity contribution in [1.29, 1.82) is 0 Å². The zero-order valence-electron chi connectivity index (χ0n) is 14.9. The van der Waals surface area contributed by atoms with Crippen molar-refractivity contribution in [2.75, 3.05) is 26.6 Å². The molecule has 7 nitrogen and oxygen atoms in total.